The van der Waals surface area contributed by atoms with Crippen LogP contribution in [0, 0.1) is 5.92 Å². The summed E-state index contributed by atoms with van der Waals surface area (Å²) in [7, 11) is 0. The topological polar surface area (TPSA) is 66.6 Å². The maximum absolute atomic E-state index is 10.8. The Bertz CT molecular complexity index is 137. The maximum atomic E-state index is 10.8. The van der Waals surface area contributed by atoms with Gasteiger partial charge in [0.1, 0.15) is 0 Å². The summed E-state index contributed by atoms with van der Waals surface area (Å²) >= 11 is 0. The molecule has 1 aliphatic heterocycles. The van der Waals surface area contributed by atoms with Crippen molar-refractivity contribution in [2.75, 3.05) is 6.54 Å². The van der Waals surface area contributed by atoms with E-state index in [1.165, 1.54) is 0 Å². The molecule has 4 heteroatoms. The van der Waals surface area contributed by atoms with E-state index in [-0.39, 0.29) is 18.4 Å². The molecule has 4 nitrogen and oxygen atoms in total. The maximum Gasteiger partial charge on any atom is 0.242 e. The van der Waals surface area contributed by atoms with E-state index >= 15 is 0 Å². The molecule has 2 unspecified atom stereocenters. The van der Waals surface area contributed by atoms with Crippen LogP contribution in [0.4, 0.5) is 0 Å². The van der Waals surface area contributed by atoms with Crippen molar-refractivity contribution >= 4 is 5.91 Å². The SMILES string of the molecule is CC1C(=O)N(N)CC1O. The minimum Gasteiger partial charge on any atom is -0.390 e. The van der Waals surface area contributed by atoms with Gasteiger partial charge in [0.2, 0.25) is 5.91 Å². The van der Waals surface area contributed by atoms with Crippen LogP contribution in [0.25, 0.3) is 0 Å². The lowest BCUT2D eigenvalue weighted by molar-refractivity contribution is -0.131. The van der Waals surface area contributed by atoms with Crippen molar-refractivity contribution in [1.82, 2.24) is 5.01 Å². The van der Waals surface area contributed by atoms with Crippen molar-refractivity contribution in [2.24, 2.45) is 11.8 Å². The summed E-state index contributed by atoms with van der Waals surface area (Å²) in [6, 6.07) is 0. The molecule has 0 radical (unpaired) electrons. The highest BCUT2D eigenvalue weighted by Crippen LogP contribution is 2.13. The lowest BCUT2D eigenvalue weighted by Crippen LogP contribution is -2.33. The van der Waals surface area contributed by atoms with E-state index in [0.29, 0.717) is 0 Å². The average molecular weight is 130 g/mol. The predicted octanol–water partition coefficient (Wildman–Crippen LogP) is -1.30. The average Bonchev–Trinajstić information content (AvgIpc) is 1.98. The van der Waals surface area contributed by atoms with Gasteiger partial charge in [-0.3, -0.25) is 9.80 Å². The molecule has 0 bridgehead atoms. The van der Waals surface area contributed by atoms with Crippen molar-refractivity contribution in [3.63, 3.8) is 0 Å². The fourth-order valence-electron chi connectivity index (χ4n) is 0.876. The Kier molecular flexibility index (Phi) is 1.42. The Labute approximate surface area is 53.2 Å². The molecule has 1 heterocycles. The summed E-state index contributed by atoms with van der Waals surface area (Å²) in [5, 5.41) is 10.0. The van der Waals surface area contributed by atoms with Gasteiger partial charge in [0.25, 0.3) is 0 Å². The first-order valence-corrected chi connectivity index (χ1v) is 2.87. The van der Waals surface area contributed by atoms with Gasteiger partial charge >= 0.3 is 0 Å². The predicted molar refractivity (Wildman–Crippen MR) is 31.1 cm³/mol. The molecular formula is C5H10N2O2. The summed E-state index contributed by atoms with van der Waals surface area (Å²) in [5.74, 6) is 4.68. The Balaban J connectivity index is 2.65. The fraction of sp³-hybridized carbons (Fsp3) is 0.800. The monoisotopic (exact) mass is 130 g/mol. The largest absolute Gasteiger partial charge is 0.390 e. The third-order valence-corrected chi connectivity index (χ3v) is 1.63. The summed E-state index contributed by atoms with van der Waals surface area (Å²) in [6.45, 7) is 1.93. The first-order chi connectivity index (χ1) is 4.13. The van der Waals surface area contributed by atoms with Crippen LogP contribution in [0.1, 0.15) is 6.92 Å². The van der Waals surface area contributed by atoms with Crippen LogP contribution in [0.3, 0.4) is 0 Å². The van der Waals surface area contributed by atoms with E-state index in [0.717, 1.165) is 5.01 Å². The third-order valence-electron chi connectivity index (χ3n) is 1.63. The van der Waals surface area contributed by atoms with E-state index in [9.17, 15) is 4.79 Å². The molecule has 1 amide bonds. The van der Waals surface area contributed by atoms with E-state index < -0.39 is 6.10 Å². The molecule has 0 aromatic carbocycles. The summed E-state index contributed by atoms with van der Waals surface area (Å²) in [5.41, 5.74) is 0. The number of aliphatic hydroxyl groups is 1. The van der Waals surface area contributed by atoms with Crippen LogP contribution >= 0.6 is 0 Å². The quantitative estimate of drug-likeness (QED) is 0.316. The number of rotatable bonds is 0. The van der Waals surface area contributed by atoms with Gasteiger partial charge in [-0.15, -0.1) is 0 Å². The second-order valence-corrected chi connectivity index (χ2v) is 2.35. The number of carbonyl (C=O) groups excluding carboxylic acids is 1. The Morgan fingerprint density at radius 3 is 2.56 bits per heavy atom. The van der Waals surface area contributed by atoms with Gasteiger partial charge in [-0.1, -0.05) is 6.92 Å². The number of hydrogen-bond acceptors (Lipinski definition) is 3. The molecule has 1 fully saturated rings. The number of hydrazine groups is 1. The molecule has 52 valence electrons. The van der Waals surface area contributed by atoms with Gasteiger partial charge in [-0.05, 0) is 0 Å². The van der Waals surface area contributed by atoms with E-state index in [1.807, 2.05) is 0 Å². The molecule has 0 aromatic rings. The molecule has 0 aromatic heterocycles. The van der Waals surface area contributed by atoms with E-state index in [4.69, 9.17) is 10.9 Å². The van der Waals surface area contributed by atoms with Gasteiger partial charge in [0.15, 0.2) is 0 Å². The van der Waals surface area contributed by atoms with Gasteiger partial charge in [-0.25, -0.2) is 5.84 Å². The highest BCUT2D eigenvalue weighted by Gasteiger charge is 2.33. The van der Waals surface area contributed by atoms with Crippen LogP contribution in [0.2, 0.25) is 0 Å². The first kappa shape index (κ1) is 6.51. The second-order valence-electron chi connectivity index (χ2n) is 2.35. The zero-order valence-corrected chi connectivity index (χ0v) is 5.24. The number of nitrogens with two attached hydrogens (primary N) is 1. The molecule has 1 saturated heterocycles. The van der Waals surface area contributed by atoms with Crippen LogP contribution in [-0.2, 0) is 4.79 Å². The standard InChI is InChI=1S/C5H10N2O2/c1-3-4(8)2-7(6)5(3)9/h3-4,8H,2,6H2,1H3. The number of aliphatic hydroxyl groups excluding tert-OH is 1. The molecule has 9 heavy (non-hydrogen) atoms. The lowest BCUT2D eigenvalue weighted by Gasteiger charge is -2.04. The van der Waals surface area contributed by atoms with Crippen LogP contribution in [0.5, 0.6) is 0 Å². The van der Waals surface area contributed by atoms with Crippen molar-refractivity contribution in [1.29, 1.82) is 0 Å². The van der Waals surface area contributed by atoms with Crippen molar-refractivity contribution < 1.29 is 9.90 Å². The highest BCUT2D eigenvalue weighted by atomic mass is 16.3. The van der Waals surface area contributed by atoms with Gasteiger partial charge < -0.3 is 5.11 Å². The summed E-state index contributed by atoms with van der Waals surface area (Å²) < 4.78 is 0. The van der Waals surface area contributed by atoms with Crippen molar-refractivity contribution in [2.45, 2.75) is 13.0 Å². The third kappa shape index (κ3) is 0.906. The minimum absolute atomic E-state index is 0.178. The second kappa shape index (κ2) is 1.97. The molecule has 1 aliphatic rings. The number of hydrogen-bond donors (Lipinski definition) is 2. The number of carbonyl (C=O) groups is 1. The van der Waals surface area contributed by atoms with Crippen LogP contribution in [-0.4, -0.2) is 28.7 Å². The summed E-state index contributed by atoms with van der Waals surface area (Å²) in [6.07, 6.45) is -0.581. The molecule has 3 N–H and O–H groups in total. The fourth-order valence-corrected chi connectivity index (χ4v) is 0.876. The molecule has 0 spiro atoms. The van der Waals surface area contributed by atoms with Crippen molar-refractivity contribution in [3.05, 3.63) is 0 Å². The van der Waals surface area contributed by atoms with E-state index in [2.05, 4.69) is 0 Å². The lowest BCUT2D eigenvalue weighted by atomic mass is 10.1. The van der Waals surface area contributed by atoms with Crippen LogP contribution < -0.4 is 5.84 Å². The molecular weight excluding hydrogens is 120 g/mol. The number of β-amino-alcohol motifs (C(OH)–C–C–N with tert-alkyl or cyclic N) is 1. The smallest absolute Gasteiger partial charge is 0.242 e. The van der Waals surface area contributed by atoms with Gasteiger partial charge in [0, 0.05) is 0 Å². The van der Waals surface area contributed by atoms with E-state index in [1.54, 1.807) is 6.92 Å². The zero-order valence-electron chi connectivity index (χ0n) is 5.24. The molecule has 0 saturated carbocycles. The Hall–Kier alpha value is -0.610. The van der Waals surface area contributed by atoms with Crippen LogP contribution in [0.15, 0.2) is 0 Å². The van der Waals surface area contributed by atoms with Gasteiger partial charge in [0.05, 0.1) is 18.6 Å². The molecule has 1 rings (SSSR count). The van der Waals surface area contributed by atoms with Gasteiger partial charge in [-0.2, -0.15) is 0 Å². The zero-order chi connectivity index (χ0) is 7.02. The molecule has 0 aliphatic carbocycles. The summed E-state index contributed by atoms with van der Waals surface area (Å²) in [4.78, 5) is 10.8. The Morgan fingerprint density at radius 2 is 2.44 bits per heavy atom. The van der Waals surface area contributed by atoms with Crippen molar-refractivity contribution in [3.8, 4) is 0 Å². The first-order valence-electron chi connectivity index (χ1n) is 2.87. The highest BCUT2D eigenvalue weighted by molar-refractivity contribution is 5.80. The Morgan fingerprint density at radius 1 is 1.89 bits per heavy atom. The normalized spacial score (nSPS) is 35.9. The minimum atomic E-state index is -0.581. The molecule has 2 atom stereocenters. The number of nitrogens with zero attached hydrogens (tertiary/aromatic N) is 1. The number of amides is 1.